The van der Waals surface area contributed by atoms with Crippen LogP contribution in [0, 0.1) is 11.8 Å². The molecule has 6 nitrogen and oxygen atoms in total. The zero-order chi connectivity index (χ0) is 21.5. The topological polar surface area (TPSA) is 75.7 Å². The van der Waals surface area contributed by atoms with E-state index in [4.69, 9.17) is 4.74 Å². The molecule has 1 aromatic rings. The maximum Gasteiger partial charge on any atom is 0.254 e. The van der Waals surface area contributed by atoms with Gasteiger partial charge in [-0.25, -0.2) is 13.1 Å². The number of hydrogen-bond donors (Lipinski definition) is 1. The van der Waals surface area contributed by atoms with Gasteiger partial charge < -0.3 is 9.64 Å². The average molecular weight is 435 g/mol. The second-order valence-corrected chi connectivity index (χ2v) is 11.1. The molecule has 0 aromatic heterocycles. The molecule has 1 N–H and O–H groups in total. The number of amides is 1. The quantitative estimate of drug-likeness (QED) is 0.672. The van der Waals surface area contributed by atoms with Gasteiger partial charge in [0.25, 0.3) is 5.91 Å². The van der Waals surface area contributed by atoms with Crippen LogP contribution in [0.5, 0.6) is 5.75 Å². The van der Waals surface area contributed by atoms with Crippen LogP contribution < -0.4 is 9.46 Å². The van der Waals surface area contributed by atoms with Crippen molar-refractivity contribution < 1.29 is 17.9 Å². The molecule has 166 valence electrons. The summed E-state index contributed by atoms with van der Waals surface area (Å²) in [7, 11) is -2.33. The second kappa shape index (κ2) is 8.50. The summed E-state index contributed by atoms with van der Waals surface area (Å²) in [6.07, 6.45) is 8.45. The van der Waals surface area contributed by atoms with Crippen LogP contribution in [0.4, 0.5) is 0 Å². The van der Waals surface area contributed by atoms with Gasteiger partial charge >= 0.3 is 0 Å². The zero-order valence-corrected chi connectivity index (χ0v) is 19.1. The lowest BCUT2D eigenvalue weighted by atomic mass is 9.87. The number of rotatable bonds is 8. The molecule has 3 saturated carbocycles. The summed E-state index contributed by atoms with van der Waals surface area (Å²) in [4.78, 5) is 15.4. The highest BCUT2D eigenvalue weighted by atomic mass is 32.2. The molecule has 1 aromatic carbocycles. The third-order valence-corrected chi connectivity index (χ3v) is 8.55. The summed E-state index contributed by atoms with van der Waals surface area (Å²) in [6.45, 7) is 4.22. The van der Waals surface area contributed by atoms with Crippen molar-refractivity contribution in [2.75, 3.05) is 7.11 Å². The Balaban J connectivity index is 1.61. The lowest BCUT2D eigenvalue weighted by Gasteiger charge is -2.30. The molecule has 0 spiro atoms. The molecule has 7 heteroatoms. The predicted molar refractivity (Wildman–Crippen MR) is 116 cm³/mol. The fourth-order valence-electron chi connectivity index (χ4n) is 4.76. The van der Waals surface area contributed by atoms with Gasteiger partial charge in [-0.2, -0.15) is 0 Å². The first-order chi connectivity index (χ1) is 14.3. The van der Waals surface area contributed by atoms with Gasteiger partial charge in [0.1, 0.15) is 10.6 Å². The number of ether oxygens (including phenoxy) is 1. The largest absolute Gasteiger partial charge is 0.495 e. The van der Waals surface area contributed by atoms with Crippen molar-refractivity contribution in [2.24, 2.45) is 11.8 Å². The number of nitrogens with one attached hydrogen (secondary N) is 1. The van der Waals surface area contributed by atoms with Gasteiger partial charge in [-0.1, -0.05) is 19.8 Å². The summed E-state index contributed by atoms with van der Waals surface area (Å²) in [6, 6.07) is 5.22. The molecule has 0 bridgehead atoms. The molecule has 1 amide bonds. The maximum atomic E-state index is 13.4. The normalized spacial score (nSPS) is 25.6. The van der Waals surface area contributed by atoms with Gasteiger partial charge in [-0.3, -0.25) is 4.79 Å². The van der Waals surface area contributed by atoms with Crippen LogP contribution in [0.3, 0.4) is 0 Å². The highest BCUT2D eigenvalue weighted by Crippen LogP contribution is 2.40. The van der Waals surface area contributed by atoms with Crippen molar-refractivity contribution >= 4 is 15.9 Å². The van der Waals surface area contributed by atoms with E-state index in [0.717, 1.165) is 38.5 Å². The van der Waals surface area contributed by atoms with E-state index in [1.54, 1.807) is 12.1 Å². The molecule has 0 radical (unpaired) electrons. The van der Waals surface area contributed by atoms with Crippen molar-refractivity contribution in [3.8, 4) is 5.75 Å². The zero-order valence-electron chi connectivity index (χ0n) is 18.3. The number of carbonyl (C=O) groups excluding carboxylic acids is 1. The van der Waals surface area contributed by atoms with Gasteiger partial charge in [-0.15, -0.1) is 0 Å². The van der Waals surface area contributed by atoms with Gasteiger partial charge in [0.15, 0.2) is 0 Å². The lowest BCUT2D eigenvalue weighted by molar-refractivity contribution is 0.0654. The van der Waals surface area contributed by atoms with E-state index in [0.29, 0.717) is 17.4 Å². The Kier molecular flexibility index (Phi) is 6.13. The molecular formula is C23H34N2O4S. The Bertz CT molecular complexity index is 892. The maximum absolute atomic E-state index is 13.4. The van der Waals surface area contributed by atoms with E-state index in [9.17, 15) is 13.2 Å². The minimum absolute atomic E-state index is 0.0587. The highest BCUT2D eigenvalue weighted by Gasteiger charge is 2.42. The first-order valence-corrected chi connectivity index (χ1v) is 12.8. The molecule has 3 fully saturated rings. The van der Waals surface area contributed by atoms with E-state index in [-0.39, 0.29) is 34.7 Å². The molecule has 4 rings (SSSR count). The minimum atomic E-state index is -3.79. The summed E-state index contributed by atoms with van der Waals surface area (Å²) in [5.41, 5.74) is 0.423. The molecule has 3 aliphatic carbocycles. The van der Waals surface area contributed by atoms with Crippen LogP contribution in [0.15, 0.2) is 23.1 Å². The Morgan fingerprint density at radius 1 is 1.13 bits per heavy atom. The van der Waals surface area contributed by atoms with Gasteiger partial charge in [0, 0.05) is 23.7 Å². The van der Waals surface area contributed by atoms with Crippen molar-refractivity contribution in [1.29, 1.82) is 0 Å². The minimum Gasteiger partial charge on any atom is -0.495 e. The number of sulfonamides is 1. The molecular weight excluding hydrogens is 400 g/mol. The Labute approximate surface area is 180 Å². The SMILES string of the molecule is COc1ccc(C(=O)N(C2CC2)C(C)C2CC2)cc1S(=O)(=O)NC1CCCCC1C. The van der Waals surface area contributed by atoms with Crippen molar-refractivity contribution in [2.45, 2.75) is 88.2 Å². The van der Waals surface area contributed by atoms with E-state index in [1.807, 2.05) is 4.90 Å². The molecule has 30 heavy (non-hydrogen) atoms. The van der Waals surface area contributed by atoms with Crippen molar-refractivity contribution in [1.82, 2.24) is 9.62 Å². The fourth-order valence-corrected chi connectivity index (χ4v) is 6.34. The van der Waals surface area contributed by atoms with Gasteiger partial charge in [0.2, 0.25) is 10.0 Å². The summed E-state index contributed by atoms with van der Waals surface area (Å²) in [5, 5.41) is 0. The molecule has 0 aliphatic heterocycles. The van der Waals surface area contributed by atoms with Crippen LogP contribution in [0.25, 0.3) is 0 Å². The molecule has 3 atom stereocenters. The average Bonchev–Trinajstić information content (AvgIpc) is 3.62. The standard InChI is InChI=1S/C23H34N2O4S/c1-15-6-4-5-7-20(15)24-30(27,28)22-14-18(10-13-21(22)29-3)23(26)25(19-11-12-19)16(2)17-8-9-17/h10,13-17,19-20,24H,4-9,11-12H2,1-3H3. The van der Waals surface area contributed by atoms with E-state index < -0.39 is 10.0 Å². The number of benzene rings is 1. The van der Waals surface area contributed by atoms with E-state index >= 15 is 0 Å². The van der Waals surface area contributed by atoms with E-state index in [1.165, 1.54) is 26.0 Å². The van der Waals surface area contributed by atoms with Gasteiger partial charge in [-0.05, 0) is 75.5 Å². The fraction of sp³-hybridized carbons (Fsp3) is 0.696. The van der Waals surface area contributed by atoms with Crippen molar-refractivity contribution in [3.63, 3.8) is 0 Å². The van der Waals surface area contributed by atoms with Crippen LogP contribution in [-0.4, -0.2) is 44.5 Å². The number of nitrogens with zero attached hydrogens (tertiary/aromatic N) is 1. The third kappa shape index (κ3) is 4.52. The Morgan fingerprint density at radius 2 is 1.83 bits per heavy atom. The van der Waals surface area contributed by atoms with Crippen molar-refractivity contribution in [3.05, 3.63) is 23.8 Å². The molecule has 3 unspecified atom stereocenters. The predicted octanol–water partition coefficient (Wildman–Crippen LogP) is 3.96. The first kappa shape index (κ1) is 21.6. The van der Waals surface area contributed by atoms with Crippen LogP contribution in [0.2, 0.25) is 0 Å². The smallest absolute Gasteiger partial charge is 0.254 e. The van der Waals surface area contributed by atoms with Crippen LogP contribution in [0.1, 0.15) is 75.6 Å². The van der Waals surface area contributed by atoms with E-state index in [2.05, 4.69) is 18.6 Å². The van der Waals surface area contributed by atoms with Gasteiger partial charge in [0.05, 0.1) is 7.11 Å². The Hall–Kier alpha value is -1.60. The number of carbonyl (C=O) groups is 1. The highest BCUT2D eigenvalue weighted by molar-refractivity contribution is 7.89. The lowest BCUT2D eigenvalue weighted by Crippen LogP contribution is -2.42. The molecule has 3 aliphatic rings. The second-order valence-electron chi connectivity index (χ2n) is 9.38. The summed E-state index contributed by atoms with van der Waals surface area (Å²) in [5.74, 6) is 1.08. The number of methoxy groups -OCH3 is 1. The monoisotopic (exact) mass is 434 g/mol. The third-order valence-electron chi connectivity index (χ3n) is 7.04. The summed E-state index contributed by atoms with van der Waals surface area (Å²) < 4.78 is 34.7. The Morgan fingerprint density at radius 3 is 2.43 bits per heavy atom. The van der Waals surface area contributed by atoms with Crippen LogP contribution in [-0.2, 0) is 10.0 Å². The van der Waals surface area contributed by atoms with Crippen LogP contribution >= 0.6 is 0 Å². The number of hydrogen-bond acceptors (Lipinski definition) is 4. The molecule has 0 heterocycles. The summed E-state index contributed by atoms with van der Waals surface area (Å²) >= 11 is 0. The first-order valence-electron chi connectivity index (χ1n) is 11.3. The molecule has 0 saturated heterocycles.